The number of rotatable bonds is 2. The summed E-state index contributed by atoms with van der Waals surface area (Å²) in [6.45, 7) is 4.00. The zero-order valence-electron chi connectivity index (χ0n) is 9.87. The smallest absolute Gasteiger partial charge is 0.182 e. The van der Waals surface area contributed by atoms with Crippen molar-refractivity contribution in [2.75, 3.05) is 37.6 Å². The summed E-state index contributed by atoms with van der Waals surface area (Å²) < 4.78 is 0. The third-order valence-electron chi connectivity index (χ3n) is 3.17. The highest BCUT2D eigenvalue weighted by molar-refractivity contribution is 5.82. The van der Waals surface area contributed by atoms with Gasteiger partial charge in [0.15, 0.2) is 11.5 Å². The van der Waals surface area contributed by atoms with E-state index >= 15 is 0 Å². The summed E-state index contributed by atoms with van der Waals surface area (Å²) in [5.41, 5.74) is 1.57. The molecular weight excluding hydrogens is 230 g/mol. The summed E-state index contributed by atoms with van der Waals surface area (Å²) in [7, 11) is 0. The molecule has 0 bridgehead atoms. The van der Waals surface area contributed by atoms with Crippen LogP contribution in [0.3, 0.4) is 0 Å². The van der Waals surface area contributed by atoms with E-state index in [1.165, 1.54) is 0 Å². The lowest BCUT2D eigenvalue weighted by molar-refractivity contribution is 0.286. The molecule has 18 heavy (non-hydrogen) atoms. The molecule has 0 saturated carbocycles. The molecule has 1 N–H and O–H groups in total. The van der Waals surface area contributed by atoms with E-state index in [1.807, 2.05) is 0 Å². The molecule has 2 aromatic heterocycles. The highest BCUT2D eigenvalue weighted by Crippen LogP contribution is 2.20. The Morgan fingerprint density at radius 3 is 2.83 bits per heavy atom. The van der Waals surface area contributed by atoms with Crippen LogP contribution in [-0.4, -0.2) is 57.6 Å². The molecule has 1 fully saturated rings. The summed E-state index contributed by atoms with van der Waals surface area (Å²) in [5, 5.41) is 8.68. The molecular formula is C11H13N7. The largest absolute Gasteiger partial charge is 0.352 e. The van der Waals surface area contributed by atoms with E-state index in [1.54, 1.807) is 12.7 Å². The van der Waals surface area contributed by atoms with Crippen molar-refractivity contribution < 1.29 is 0 Å². The van der Waals surface area contributed by atoms with Crippen molar-refractivity contribution in [2.45, 2.75) is 0 Å². The quantitative estimate of drug-likeness (QED) is 0.747. The van der Waals surface area contributed by atoms with E-state index in [-0.39, 0.29) is 0 Å². The molecule has 0 radical (unpaired) electrons. The van der Waals surface area contributed by atoms with Crippen molar-refractivity contribution in [3.63, 3.8) is 0 Å². The van der Waals surface area contributed by atoms with E-state index in [0.29, 0.717) is 12.2 Å². The van der Waals surface area contributed by atoms with E-state index in [2.05, 4.69) is 35.8 Å². The first-order valence-electron chi connectivity index (χ1n) is 5.87. The zero-order valence-corrected chi connectivity index (χ0v) is 9.87. The molecule has 3 heterocycles. The van der Waals surface area contributed by atoms with Crippen molar-refractivity contribution in [3.05, 3.63) is 12.7 Å². The van der Waals surface area contributed by atoms with Crippen LogP contribution in [0.5, 0.6) is 0 Å². The van der Waals surface area contributed by atoms with Gasteiger partial charge in [-0.1, -0.05) is 0 Å². The molecule has 0 aliphatic carbocycles. The molecule has 1 aliphatic heterocycles. The fourth-order valence-corrected chi connectivity index (χ4v) is 2.21. The van der Waals surface area contributed by atoms with Crippen LogP contribution >= 0.6 is 0 Å². The molecule has 2 aromatic rings. The van der Waals surface area contributed by atoms with Gasteiger partial charge in [-0.05, 0) is 0 Å². The Morgan fingerprint density at radius 1 is 1.22 bits per heavy atom. The molecule has 0 aromatic carbocycles. The topological polar surface area (TPSA) is 84.7 Å². The third-order valence-corrected chi connectivity index (χ3v) is 3.17. The minimum atomic E-state index is 0.497. The van der Waals surface area contributed by atoms with E-state index in [4.69, 9.17) is 5.26 Å². The summed E-state index contributed by atoms with van der Waals surface area (Å²) >= 11 is 0. The highest BCUT2D eigenvalue weighted by Gasteiger charge is 2.20. The fourth-order valence-electron chi connectivity index (χ4n) is 2.21. The number of hydrogen-bond acceptors (Lipinski definition) is 6. The predicted octanol–water partition coefficient (Wildman–Crippen LogP) is -0.00152. The Kier molecular flexibility index (Phi) is 2.78. The summed E-state index contributed by atoms with van der Waals surface area (Å²) in [5.74, 6) is 0.897. The minimum absolute atomic E-state index is 0.497. The number of piperazine rings is 1. The molecule has 92 valence electrons. The SMILES string of the molecule is N#CCN1CCN(c2ncnc3nc[nH]c23)CC1. The standard InChI is InChI=1S/C11H13N7/c12-1-2-17-3-5-18(6-4-17)11-9-10(14-7-13-9)15-8-16-11/h7-8H,2-6H2,(H,13,14,15,16). The van der Waals surface area contributed by atoms with Crippen molar-refractivity contribution in [2.24, 2.45) is 0 Å². The third kappa shape index (κ3) is 1.87. The van der Waals surface area contributed by atoms with Gasteiger partial charge >= 0.3 is 0 Å². The highest BCUT2D eigenvalue weighted by atomic mass is 15.3. The number of imidazole rings is 1. The second kappa shape index (κ2) is 4.58. The van der Waals surface area contributed by atoms with Crippen molar-refractivity contribution in [3.8, 4) is 6.07 Å². The molecule has 1 saturated heterocycles. The maximum absolute atomic E-state index is 8.68. The van der Waals surface area contributed by atoms with Gasteiger partial charge in [-0.2, -0.15) is 5.26 Å². The van der Waals surface area contributed by atoms with Gasteiger partial charge < -0.3 is 9.88 Å². The number of nitrogens with zero attached hydrogens (tertiary/aromatic N) is 6. The second-order valence-electron chi connectivity index (χ2n) is 4.22. The molecule has 7 heteroatoms. The maximum atomic E-state index is 8.68. The zero-order chi connectivity index (χ0) is 12.4. The number of hydrogen-bond donors (Lipinski definition) is 1. The number of nitriles is 1. The van der Waals surface area contributed by atoms with Crippen molar-refractivity contribution >= 4 is 17.0 Å². The Balaban J connectivity index is 1.80. The van der Waals surface area contributed by atoms with E-state index in [0.717, 1.165) is 37.5 Å². The normalized spacial score (nSPS) is 16.9. The molecule has 0 atom stereocenters. The molecule has 3 rings (SSSR count). The molecule has 1 aliphatic rings. The monoisotopic (exact) mass is 243 g/mol. The molecule has 0 amide bonds. The second-order valence-corrected chi connectivity index (χ2v) is 4.22. The predicted molar refractivity (Wildman–Crippen MR) is 65.9 cm³/mol. The summed E-state index contributed by atoms with van der Waals surface area (Å²) in [6.07, 6.45) is 3.18. The lowest BCUT2D eigenvalue weighted by Gasteiger charge is -2.34. The first kappa shape index (κ1) is 10.9. The van der Waals surface area contributed by atoms with Crippen LogP contribution in [0, 0.1) is 11.3 Å². The van der Waals surface area contributed by atoms with Crippen LogP contribution in [0.4, 0.5) is 5.82 Å². The van der Waals surface area contributed by atoms with E-state index in [9.17, 15) is 0 Å². The average molecular weight is 243 g/mol. The van der Waals surface area contributed by atoms with Crippen LogP contribution in [0.15, 0.2) is 12.7 Å². The number of fused-ring (bicyclic) bond motifs is 1. The van der Waals surface area contributed by atoms with Crippen LogP contribution in [0.2, 0.25) is 0 Å². The number of aromatic nitrogens is 4. The van der Waals surface area contributed by atoms with Crippen LogP contribution < -0.4 is 4.90 Å². The Hall–Kier alpha value is -2.20. The van der Waals surface area contributed by atoms with Crippen LogP contribution in [-0.2, 0) is 0 Å². The van der Waals surface area contributed by atoms with Gasteiger partial charge in [0.2, 0.25) is 0 Å². The van der Waals surface area contributed by atoms with Gasteiger partial charge in [-0.15, -0.1) is 0 Å². The Labute approximate surface area is 104 Å². The number of nitrogens with one attached hydrogen (secondary N) is 1. The van der Waals surface area contributed by atoms with Gasteiger partial charge in [0.25, 0.3) is 0 Å². The molecule has 0 unspecified atom stereocenters. The van der Waals surface area contributed by atoms with Gasteiger partial charge in [-0.3, -0.25) is 4.90 Å². The van der Waals surface area contributed by atoms with E-state index < -0.39 is 0 Å². The van der Waals surface area contributed by atoms with Crippen molar-refractivity contribution in [1.29, 1.82) is 5.26 Å². The van der Waals surface area contributed by atoms with Gasteiger partial charge in [0.05, 0.1) is 18.9 Å². The summed E-state index contributed by atoms with van der Waals surface area (Å²) in [4.78, 5) is 20.0. The Morgan fingerprint density at radius 2 is 2.06 bits per heavy atom. The molecule has 7 nitrogen and oxygen atoms in total. The van der Waals surface area contributed by atoms with Gasteiger partial charge in [0, 0.05) is 26.2 Å². The number of aromatic amines is 1. The number of H-pyrrole nitrogens is 1. The molecule has 0 spiro atoms. The lowest BCUT2D eigenvalue weighted by Crippen LogP contribution is -2.46. The minimum Gasteiger partial charge on any atom is -0.352 e. The fraction of sp³-hybridized carbons (Fsp3) is 0.455. The first-order chi connectivity index (χ1) is 8.88. The number of anilines is 1. The summed E-state index contributed by atoms with van der Waals surface area (Å²) in [6, 6.07) is 2.18. The van der Waals surface area contributed by atoms with Crippen LogP contribution in [0.1, 0.15) is 0 Å². The maximum Gasteiger partial charge on any atom is 0.182 e. The average Bonchev–Trinajstić information content (AvgIpc) is 2.88. The van der Waals surface area contributed by atoms with Crippen molar-refractivity contribution in [1.82, 2.24) is 24.8 Å². The van der Waals surface area contributed by atoms with Crippen LogP contribution in [0.25, 0.3) is 11.2 Å². The first-order valence-corrected chi connectivity index (χ1v) is 5.87. The Bertz CT molecular complexity index is 576. The van der Waals surface area contributed by atoms with Gasteiger partial charge in [-0.25, -0.2) is 15.0 Å². The lowest BCUT2D eigenvalue weighted by atomic mass is 10.3. The van der Waals surface area contributed by atoms with Gasteiger partial charge in [0.1, 0.15) is 11.8 Å².